The first-order valence-electron chi connectivity index (χ1n) is 6.41. The summed E-state index contributed by atoms with van der Waals surface area (Å²) in [4.78, 5) is 16.2. The molecule has 3 rings (SSSR count). The zero-order valence-corrected chi connectivity index (χ0v) is 12.9. The summed E-state index contributed by atoms with van der Waals surface area (Å²) in [6, 6.07) is 14.4. The number of nitrogens with one attached hydrogen (secondary N) is 2. The Morgan fingerprint density at radius 3 is 2.82 bits per heavy atom. The molecule has 1 heterocycles. The van der Waals surface area contributed by atoms with E-state index in [1.807, 2.05) is 24.3 Å². The second kappa shape index (κ2) is 6.40. The van der Waals surface area contributed by atoms with Gasteiger partial charge in [0.1, 0.15) is 17.8 Å². The van der Waals surface area contributed by atoms with Crippen LogP contribution in [0.25, 0.3) is 0 Å². The normalized spacial score (nSPS) is 10.2. The number of H-pyrrole nitrogens is 1. The van der Waals surface area contributed by atoms with Gasteiger partial charge in [-0.25, -0.2) is 5.10 Å². The highest BCUT2D eigenvalue weighted by Gasteiger charge is 2.14. The SMILES string of the molecule is O=C(Nc1ncn[nH]1)c1ccccc1Oc1cccc(Br)c1. The Bertz CT molecular complexity index is 790. The number of hydrogen-bond donors (Lipinski definition) is 2. The molecule has 0 bridgehead atoms. The lowest BCUT2D eigenvalue weighted by molar-refractivity contribution is 0.102. The van der Waals surface area contributed by atoms with E-state index in [1.165, 1.54) is 6.33 Å². The molecule has 0 aliphatic rings. The van der Waals surface area contributed by atoms with E-state index in [4.69, 9.17) is 4.74 Å². The summed E-state index contributed by atoms with van der Waals surface area (Å²) in [6.07, 6.45) is 1.32. The number of benzene rings is 2. The van der Waals surface area contributed by atoms with Crippen molar-refractivity contribution in [2.75, 3.05) is 5.32 Å². The lowest BCUT2D eigenvalue weighted by Gasteiger charge is -2.10. The van der Waals surface area contributed by atoms with E-state index in [9.17, 15) is 4.79 Å². The van der Waals surface area contributed by atoms with Gasteiger partial charge in [-0.2, -0.15) is 10.1 Å². The molecule has 1 aromatic heterocycles. The number of halogens is 1. The van der Waals surface area contributed by atoms with E-state index in [0.29, 0.717) is 17.1 Å². The number of anilines is 1. The van der Waals surface area contributed by atoms with Crippen molar-refractivity contribution >= 4 is 27.8 Å². The van der Waals surface area contributed by atoms with Crippen LogP contribution in [0.3, 0.4) is 0 Å². The molecule has 22 heavy (non-hydrogen) atoms. The smallest absolute Gasteiger partial charge is 0.261 e. The van der Waals surface area contributed by atoms with Gasteiger partial charge in [0.2, 0.25) is 5.95 Å². The van der Waals surface area contributed by atoms with Crippen LogP contribution >= 0.6 is 15.9 Å². The number of para-hydroxylation sites is 1. The maximum absolute atomic E-state index is 12.3. The van der Waals surface area contributed by atoms with Crippen molar-refractivity contribution in [2.45, 2.75) is 0 Å². The number of hydrogen-bond acceptors (Lipinski definition) is 4. The standard InChI is InChI=1S/C15H11BrN4O2/c16-10-4-3-5-11(8-10)22-13-7-2-1-6-12(13)14(21)19-15-17-9-18-20-15/h1-9H,(H2,17,18,19,20,21). The number of aromatic nitrogens is 3. The van der Waals surface area contributed by atoms with Crippen LogP contribution in [0.1, 0.15) is 10.4 Å². The van der Waals surface area contributed by atoms with E-state index in [-0.39, 0.29) is 11.9 Å². The van der Waals surface area contributed by atoms with Crippen LogP contribution in [0.2, 0.25) is 0 Å². The van der Waals surface area contributed by atoms with Crippen LogP contribution in [0, 0.1) is 0 Å². The molecule has 0 unspecified atom stereocenters. The molecule has 0 aliphatic carbocycles. The molecule has 0 radical (unpaired) electrons. The van der Waals surface area contributed by atoms with Gasteiger partial charge in [0.25, 0.3) is 5.91 Å². The molecule has 1 amide bonds. The summed E-state index contributed by atoms with van der Waals surface area (Å²) in [6.45, 7) is 0. The van der Waals surface area contributed by atoms with Crippen molar-refractivity contribution in [1.29, 1.82) is 0 Å². The predicted molar refractivity (Wildman–Crippen MR) is 85.0 cm³/mol. The van der Waals surface area contributed by atoms with Gasteiger partial charge in [-0.05, 0) is 30.3 Å². The van der Waals surface area contributed by atoms with E-state index < -0.39 is 0 Å². The second-order valence-corrected chi connectivity index (χ2v) is 5.26. The molecule has 0 spiro atoms. The number of amides is 1. The Morgan fingerprint density at radius 2 is 2.05 bits per heavy atom. The molecule has 0 saturated heterocycles. The molecule has 0 atom stereocenters. The van der Waals surface area contributed by atoms with Crippen molar-refractivity contribution in [3.8, 4) is 11.5 Å². The Kier molecular flexibility index (Phi) is 4.15. The Hall–Kier alpha value is -2.67. The monoisotopic (exact) mass is 358 g/mol. The number of nitrogens with zero attached hydrogens (tertiary/aromatic N) is 2. The number of ether oxygens (including phenoxy) is 1. The molecule has 0 fully saturated rings. The zero-order valence-electron chi connectivity index (χ0n) is 11.3. The van der Waals surface area contributed by atoms with E-state index in [1.54, 1.807) is 24.3 Å². The average Bonchev–Trinajstić information content (AvgIpc) is 3.01. The lowest BCUT2D eigenvalue weighted by atomic mass is 10.2. The third-order valence-electron chi connectivity index (χ3n) is 2.80. The molecular formula is C15H11BrN4O2. The quantitative estimate of drug-likeness (QED) is 0.746. The van der Waals surface area contributed by atoms with E-state index in [0.717, 1.165) is 4.47 Å². The van der Waals surface area contributed by atoms with Crippen LogP contribution < -0.4 is 10.1 Å². The summed E-state index contributed by atoms with van der Waals surface area (Å²) in [7, 11) is 0. The largest absolute Gasteiger partial charge is 0.456 e. The van der Waals surface area contributed by atoms with Gasteiger partial charge in [0, 0.05) is 4.47 Å². The van der Waals surface area contributed by atoms with Gasteiger partial charge in [-0.3, -0.25) is 10.1 Å². The maximum atomic E-state index is 12.3. The van der Waals surface area contributed by atoms with Crippen molar-refractivity contribution in [3.63, 3.8) is 0 Å². The first-order chi connectivity index (χ1) is 10.7. The minimum absolute atomic E-state index is 0.280. The van der Waals surface area contributed by atoms with Gasteiger partial charge < -0.3 is 4.74 Å². The van der Waals surface area contributed by atoms with Crippen LogP contribution in [0.4, 0.5) is 5.95 Å². The number of carbonyl (C=O) groups excluding carboxylic acids is 1. The van der Waals surface area contributed by atoms with Crippen LogP contribution in [0.5, 0.6) is 11.5 Å². The van der Waals surface area contributed by atoms with Crippen molar-refractivity contribution in [1.82, 2.24) is 15.2 Å². The molecule has 2 N–H and O–H groups in total. The maximum Gasteiger partial charge on any atom is 0.261 e. The summed E-state index contributed by atoms with van der Waals surface area (Å²) in [5.74, 6) is 1.04. The summed E-state index contributed by atoms with van der Waals surface area (Å²) in [5, 5.41) is 8.87. The first kappa shape index (κ1) is 14.3. The highest BCUT2D eigenvalue weighted by Crippen LogP contribution is 2.27. The van der Waals surface area contributed by atoms with E-state index >= 15 is 0 Å². The topological polar surface area (TPSA) is 79.9 Å². The van der Waals surface area contributed by atoms with Gasteiger partial charge in [0.15, 0.2) is 0 Å². The minimum atomic E-state index is -0.331. The minimum Gasteiger partial charge on any atom is -0.456 e. The summed E-state index contributed by atoms with van der Waals surface area (Å²) >= 11 is 3.38. The third kappa shape index (κ3) is 3.32. The number of aromatic amines is 1. The van der Waals surface area contributed by atoms with Crippen LogP contribution in [0.15, 0.2) is 59.3 Å². The predicted octanol–water partition coefficient (Wildman–Crippen LogP) is 3.61. The number of rotatable bonds is 4. The summed E-state index contributed by atoms with van der Waals surface area (Å²) in [5.41, 5.74) is 0.402. The fraction of sp³-hybridized carbons (Fsp3) is 0. The molecule has 0 aliphatic heterocycles. The Morgan fingerprint density at radius 1 is 1.18 bits per heavy atom. The Balaban J connectivity index is 1.85. The third-order valence-corrected chi connectivity index (χ3v) is 3.30. The molecule has 0 saturated carbocycles. The van der Waals surface area contributed by atoms with Gasteiger partial charge in [-0.15, -0.1) is 0 Å². The highest BCUT2D eigenvalue weighted by molar-refractivity contribution is 9.10. The molecule has 110 valence electrons. The van der Waals surface area contributed by atoms with Gasteiger partial charge >= 0.3 is 0 Å². The van der Waals surface area contributed by atoms with Crippen molar-refractivity contribution in [2.24, 2.45) is 0 Å². The van der Waals surface area contributed by atoms with Crippen molar-refractivity contribution < 1.29 is 9.53 Å². The lowest BCUT2D eigenvalue weighted by Crippen LogP contribution is -2.14. The van der Waals surface area contributed by atoms with Crippen LogP contribution in [-0.2, 0) is 0 Å². The number of carbonyl (C=O) groups is 1. The molecule has 3 aromatic rings. The fourth-order valence-electron chi connectivity index (χ4n) is 1.84. The Labute approximate surface area is 134 Å². The molecular weight excluding hydrogens is 348 g/mol. The summed E-state index contributed by atoms with van der Waals surface area (Å²) < 4.78 is 6.69. The van der Waals surface area contributed by atoms with Gasteiger partial charge in [0.05, 0.1) is 5.56 Å². The van der Waals surface area contributed by atoms with Gasteiger partial charge in [-0.1, -0.05) is 34.1 Å². The van der Waals surface area contributed by atoms with E-state index in [2.05, 4.69) is 36.4 Å². The van der Waals surface area contributed by atoms with Crippen LogP contribution in [-0.4, -0.2) is 21.1 Å². The highest BCUT2D eigenvalue weighted by atomic mass is 79.9. The molecule has 2 aromatic carbocycles. The molecule has 6 nitrogen and oxygen atoms in total. The average molecular weight is 359 g/mol. The van der Waals surface area contributed by atoms with Crippen molar-refractivity contribution in [3.05, 3.63) is 64.9 Å². The second-order valence-electron chi connectivity index (χ2n) is 4.34. The fourth-order valence-corrected chi connectivity index (χ4v) is 2.22. The molecule has 7 heteroatoms. The zero-order chi connectivity index (χ0) is 15.4. The first-order valence-corrected chi connectivity index (χ1v) is 7.21.